The minimum atomic E-state index is -0.692. The number of pyridine rings is 1. The van der Waals surface area contributed by atoms with Gasteiger partial charge >= 0.3 is 0 Å². The lowest BCUT2D eigenvalue weighted by Crippen LogP contribution is -2.04. The lowest BCUT2D eigenvalue weighted by atomic mass is 9.97. The van der Waals surface area contributed by atoms with Gasteiger partial charge in [0.2, 0.25) is 0 Å². The molecule has 1 unspecified atom stereocenters. The van der Waals surface area contributed by atoms with Crippen molar-refractivity contribution in [1.29, 1.82) is 0 Å². The number of aromatic nitrogens is 1. The number of rotatable bonds is 3. The highest BCUT2D eigenvalue weighted by Gasteiger charge is 2.17. The van der Waals surface area contributed by atoms with Crippen LogP contribution in [0.5, 0.6) is 5.75 Å². The normalized spacial score (nSPS) is 12.2. The highest BCUT2D eigenvalue weighted by molar-refractivity contribution is 5.48. The molecule has 2 aromatic rings. The van der Waals surface area contributed by atoms with Crippen molar-refractivity contribution in [1.82, 2.24) is 4.98 Å². The van der Waals surface area contributed by atoms with Crippen LogP contribution in [0.25, 0.3) is 0 Å². The number of benzene rings is 1. The molecule has 1 aromatic heterocycles. The molecule has 0 fully saturated rings. The van der Waals surface area contributed by atoms with Gasteiger partial charge in [0.05, 0.1) is 7.11 Å². The van der Waals surface area contributed by atoms with Crippen LogP contribution in [0, 0.1) is 13.8 Å². The van der Waals surface area contributed by atoms with E-state index in [1.165, 1.54) is 0 Å². The van der Waals surface area contributed by atoms with Gasteiger partial charge in [-0.15, -0.1) is 0 Å². The number of aryl methyl sites for hydroxylation is 1. The molecule has 1 heterocycles. The average molecular weight is 243 g/mol. The van der Waals surface area contributed by atoms with Crippen LogP contribution < -0.4 is 4.74 Å². The Kier molecular flexibility index (Phi) is 3.63. The fraction of sp³-hybridized carbons (Fsp3) is 0.267. The first-order valence-corrected chi connectivity index (χ1v) is 5.87. The zero-order valence-corrected chi connectivity index (χ0v) is 10.8. The van der Waals surface area contributed by atoms with E-state index in [9.17, 15) is 5.11 Å². The summed E-state index contributed by atoms with van der Waals surface area (Å²) in [6.45, 7) is 4.03. The van der Waals surface area contributed by atoms with Crippen LogP contribution in [0.1, 0.15) is 28.4 Å². The maximum absolute atomic E-state index is 10.4. The van der Waals surface area contributed by atoms with Gasteiger partial charge in [-0.25, -0.2) is 0 Å². The topological polar surface area (TPSA) is 42.4 Å². The van der Waals surface area contributed by atoms with Crippen molar-refractivity contribution in [3.05, 3.63) is 58.9 Å². The van der Waals surface area contributed by atoms with Crippen molar-refractivity contribution in [2.24, 2.45) is 0 Å². The van der Waals surface area contributed by atoms with Crippen LogP contribution in [0.4, 0.5) is 0 Å². The average Bonchev–Trinajstić information content (AvgIpc) is 2.42. The van der Waals surface area contributed by atoms with Crippen LogP contribution in [0.2, 0.25) is 0 Å². The number of hydrogen-bond acceptors (Lipinski definition) is 3. The molecule has 0 aliphatic heterocycles. The predicted molar refractivity (Wildman–Crippen MR) is 70.8 cm³/mol. The Bertz CT molecular complexity index is 538. The van der Waals surface area contributed by atoms with Crippen LogP contribution in [-0.2, 0) is 0 Å². The summed E-state index contributed by atoms with van der Waals surface area (Å²) in [4.78, 5) is 3.95. The molecule has 0 amide bonds. The van der Waals surface area contributed by atoms with Gasteiger partial charge in [-0.3, -0.25) is 4.98 Å². The fourth-order valence-corrected chi connectivity index (χ4v) is 2.02. The Hall–Kier alpha value is -1.87. The Labute approximate surface area is 107 Å². The summed E-state index contributed by atoms with van der Waals surface area (Å²) in [6, 6.07) is 7.52. The third-order valence-electron chi connectivity index (χ3n) is 3.23. The van der Waals surface area contributed by atoms with Gasteiger partial charge < -0.3 is 9.84 Å². The van der Waals surface area contributed by atoms with E-state index >= 15 is 0 Å². The monoisotopic (exact) mass is 243 g/mol. The van der Waals surface area contributed by atoms with E-state index in [-0.39, 0.29) is 0 Å². The maximum Gasteiger partial charge on any atom is 0.128 e. The van der Waals surface area contributed by atoms with Crippen molar-refractivity contribution in [2.45, 2.75) is 20.0 Å². The van der Waals surface area contributed by atoms with Crippen molar-refractivity contribution < 1.29 is 9.84 Å². The summed E-state index contributed by atoms with van der Waals surface area (Å²) in [6.07, 6.45) is 2.65. The van der Waals surface area contributed by atoms with Crippen molar-refractivity contribution in [3.8, 4) is 5.75 Å². The van der Waals surface area contributed by atoms with Crippen LogP contribution >= 0.6 is 0 Å². The van der Waals surface area contributed by atoms with Crippen LogP contribution in [0.3, 0.4) is 0 Å². The highest BCUT2D eigenvalue weighted by Crippen LogP contribution is 2.33. The summed E-state index contributed by atoms with van der Waals surface area (Å²) in [5.74, 6) is 0.749. The molecule has 0 radical (unpaired) electrons. The van der Waals surface area contributed by atoms with Gasteiger partial charge in [0.1, 0.15) is 11.9 Å². The van der Waals surface area contributed by atoms with Gasteiger partial charge in [0.15, 0.2) is 0 Å². The molecule has 0 spiro atoms. The molecule has 0 aliphatic rings. The smallest absolute Gasteiger partial charge is 0.128 e. The number of methoxy groups -OCH3 is 1. The van der Waals surface area contributed by atoms with E-state index in [0.29, 0.717) is 0 Å². The molecule has 3 nitrogen and oxygen atoms in total. The summed E-state index contributed by atoms with van der Waals surface area (Å²) in [5.41, 5.74) is 3.80. The Balaban J connectivity index is 2.49. The molecular weight excluding hydrogens is 226 g/mol. The minimum Gasteiger partial charge on any atom is -0.496 e. The van der Waals surface area contributed by atoms with Gasteiger partial charge in [0.25, 0.3) is 0 Å². The van der Waals surface area contributed by atoms with Crippen LogP contribution in [-0.4, -0.2) is 17.2 Å². The number of aliphatic hydroxyl groups is 1. The second kappa shape index (κ2) is 5.19. The third kappa shape index (κ3) is 2.22. The molecule has 18 heavy (non-hydrogen) atoms. The van der Waals surface area contributed by atoms with E-state index in [1.54, 1.807) is 31.6 Å². The predicted octanol–water partition coefficient (Wildman–Crippen LogP) is 2.79. The number of ether oxygens (including phenoxy) is 1. The zero-order valence-electron chi connectivity index (χ0n) is 10.8. The Morgan fingerprint density at radius 2 is 1.78 bits per heavy atom. The quantitative estimate of drug-likeness (QED) is 0.901. The minimum absolute atomic E-state index is 0.692. The molecule has 3 heteroatoms. The Morgan fingerprint density at radius 3 is 2.39 bits per heavy atom. The van der Waals surface area contributed by atoms with Crippen molar-refractivity contribution in [2.75, 3.05) is 7.11 Å². The summed E-state index contributed by atoms with van der Waals surface area (Å²) >= 11 is 0. The number of nitrogens with zero attached hydrogens (tertiary/aromatic N) is 1. The first-order valence-electron chi connectivity index (χ1n) is 5.87. The maximum atomic E-state index is 10.4. The van der Waals surface area contributed by atoms with Crippen molar-refractivity contribution >= 4 is 0 Å². The van der Waals surface area contributed by atoms with Crippen LogP contribution in [0.15, 0.2) is 36.7 Å². The van der Waals surface area contributed by atoms with E-state index in [4.69, 9.17) is 4.74 Å². The van der Waals surface area contributed by atoms with Crippen molar-refractivity contribution in [3.63, 3.8) is 0 Å². The molecule has 94 valence electrons. The lowest BCUT2D eigenvalue weighted by Gasteiger charge is -2.18. The molecule has 1 atom stereocenters. The third-order valence-corrected chi connectivity index (χ3v) is 3.23. The largest absolute Gasteiger partial charge is 0.496 e. The molecule has 1 N–H and O–H groups in total. The van der Waals surface area contributed by atoms with Gasteiger partial charge in [-0.05, 0) is 42.7 Å². The van der Waals surface area contributed by atoms with Gasteiger partial charge in [-0.1, -0.05) is 12.1 Å². The summed E-state index contributed by atoms with van der Waals surface area (Å²) < 4.78 is 5.42. The second-order valence-corrected chi connectivity index (χ2v) is 4.31. The Morgan fingerprint density at radius 1 is 1.11 bits per heavy atom. The van der Waals surface area contributed by atoms with E-state index in [1.807, 2.05) is 26.0 Å². The summed E-state index contributed by atoms with van der Waals surface area (Å²) in [7, 11) is 1.63. The lowest BCUT2D eigenvalue weighted by molar-refractivity contribution is 0.214. The molecule has 0 saturated heterocycles. The molecular formula is C15H17NO2. The molecule has 0 saturated carbocycles. The molecule has 0 aliphatic carbocycles. The molecule has 1 aromatic carbocycles. The first-order chi connectivity index (χ1) is 8.65. The van der Waals surface area contributed by atoms with E-state index < -0.39 is 6.10 Å². The number of hydrogen-bond donors (Lipinski definition) is 1. The fourth-order valence-electron chi connectivity index (χ4n) is 2.02. The number of aliphatic hydroxyl groups excluding tert-OH is 1. The van der Waals surface area contributed by atoms with E-state index in [0.717, 1.165) is 28.0 Å². The highest BCUT2D eigenvalue weighted by atomic mass is 16.5. The van der Waals surface area contributed by atoms with Gasteiger partial charge in [0, 0.05) is 18.0 Å². The second-order valence-electron chi connectivity index (χ2n) is 4.31. The van der Waals surface area contributed by atoms with E-state index in [2.05, 4.69) is 4.98 Å². The first kappa shape index (κ1) is 12.6. The zero-order chi connectivity index (χ0) is 13.1. The van der Waals surface area contributed by atoms with Gasteiger partial charge in [-0.2, -0.15) is 0 Å². The summed E-state index contributed by atoms with van der Waals surface area (Å²) in [5, 5.41) is 10.4. The SMILES string of the molecule is COc1c(C(O)c2ccncc2)ccc(C)c1C. The molecule has 0 bridgehead atoms. The molecule has 2 rings (SSSR count). The standard InChI is InChI=1S/C15H17NO2/c1-10-4-5-13(15(18-3)11(10)2)14(17)12-6-8-16-9-7-12/h4-9,14,17H,1-3H3.